The van der Waals surface area contributed by atoms with Crippen LogP contribution in [0.2, 0.25) is 5.15 Å². The Bertz CT molecular complexity index is 605. The third-order valence-corrected chi connectivity index (χ3v) is 2.98. The first-order valence-corrected chi connectivity index (χ1v) is 6.08. The van der Waals surface area contributed by atoms with Crippen LogP contribution >= 0.6 is 27.5 Å². The summed E-state index contributed by atoms with van der Waals surface area (Å²) in [5, 5.41) is 2.79. The first-order chi connectivity index (χ1) is 8.56. The van der Waals surface area contributed by atoms with E-state index >= 15 is 0 Å². The van der Waals surface area contributed by atoms with E-state index in [2.05, 4.69) is 31.2 Å². The van der Waals surface area contributed by atoms with E-state index in [-0.39, 0.29) is 17.0 Å². The molecule has 1 aromatic heterocycles. The minimum atomic E-state index is -0.364. The van der Waals surface area contributed by atoms with Gasteiger partial charge in [0, 0.05) is 16.4 Å². The van der Waals surface area contributed by atoms with Gasteiger partial charge in [0.05, 0.1) is 5.56 Å². The average Bonchev–Trinajstić information content (AvgIpc) is 2.32. The highest BCUT2D eigenvalue weighted by Crippen LogP contribution is 2.20. The van der Waals surface area contributed by atoms with Crippen LogP contribution in [0.15, 0.2) is 34.9 Å². The van der Waals surface area contributed by atoms with Crippen molar-refractivity contribution >= 4 is 45.1 Å². The fourth-order valence-electron chi connectivity index (χ4n) is 1.28. The summed E-state index contributed by atoms with van der Waals surface area (Å²) < 4.78 is 0.635. The number of nitrogens with one attached hydrogen (secondary N) is 1. The van der Waals surface area contributed by atoms with E-state index in [1.165, 1.54) is 12.3 Å². The van der Waals surface area contributed by atoms with Crippen LogP contribution in [0.4, 0.5) is 11.6 Å². The van der Waals surface area contributed by atoms with Gasteiger partial charge in [0.2, 0.25) is 5.95 Å². The number of carbonyl (C=O) groups is 1. The van der Waals surface area contributed by atoms with Crippen LogP contribution < -0.4 is 11.1 Å². The third-order valence-electron chi connectivity index (χ3n) is 2.08. The summed E-state index contributed by atoms with van der Waals surface area (Å²) in [4.78, 5) is 19.7. The second-order valence-corrected chi connectivity index (χ2v) is 4.64. The van der Waals surface area contributed by atoms with Gasteiger partial charge in [0.15, 0.2) is 0 Å². The summed E-state index contributed by atoms with van der Waals surface area (Å²) in [6, 6.07) is 6.47. The zero-order valence-electron chi connectivity index (χ0n) is 9.02. The Morgan fingerprint density at radius 1 is 1.39 bits per heavy atom. The fraction of sp³-hybridized carbons (Fsp3) is 0. The normalized spacial score (nSPS) is 10.1. The molecule has 18 heavy (non-hydrogen) atoms. The monoisotopic (exact) mass is 326 g/mol. The smallest absolute Gasteiger partial charge is 0.259 e. The Balaban J connectivity index is 2.24. The van der Waals surface area contributed by atoms with Gasteiger partial charge < -0.3 is 5.73 Å². The first kappa shape index (κ1) is 12.8. The molecule has 0 saturated carbocycles. The van der Waals surface area contributed by atoms with Crippen molar-refractivity contribution in [1.29, 1.82) is 0 Å². The van der Waals surface area contributed by atoms with Crippen LogP contribution in [0.5, 0.6) is 0 Å². The number of halogens is 2. The topological polar surface area (TPSA) is 80.9 Å². The van der Waals surface area contributed by atoms with Crippen LogP contribution in [0.3, 0.4) is 0 Å². The van der Waals surface area contributed by atoms with Gasteiger partial charge in [-0.05, 0) is 40.2 Å². The second kappa shape index (κ2) is 5.32. The van der Waals surface area contributed by atoms with Gasteiger partial charge in [-0.3, -0.25) is 10.1 Å². The highest BCUT2D eigenvalue weighted by Gasteiger charge is 2.12. The molecule has 92 valence electrons. The Hall–Kier alpha value is -1.66. The Morgan fingerprint density at radius 2 is 2.17 bits per heavy atom. The maximum absolute atomic E-state index is 12.0. The molecular weight excluding hydrogens is 320 g/mol. The predicted molar refractivity (Wildman–Crippen MR) is 73.5 cm³/mol. The number of nitrogen functional groups attached to an aromatic ring is 1. The lowest BCUT2D eigenvalue weighted by molar-refractivity contribution is 0.102. The summed E-state index contributed by atoms with van der Waals surface area (Å²) in [6.07, 6.45) is 1.46. The maximum Gasteiger partial charge on any atom is 0.259 e. The van der Waals surface area contributed by atoms with E-state index in [1.807, 2.05) is 0 Å². The van der Waals surface area contributed by atoms with Crippen molar-refractivity contribution in [3.63, 3.8) is 0 Å². The Labute approximate surface area is 117 Å². The number of rotatable bonds is 2. The van der Waals surface area contributed by atoms with Crippen molar-refractivity contribution in [1.82, 2.24) is 9.97 Å². The molecule has 0 aliphatic rings. The summed E-state index contributed by atoms with van der Waals surface area (Å²) in [7, 11) is 0. The number of hydrogen-bond acceptors (Lipinski definition) is 4. The number of nitrogens with two attached hydrogens (primary N) is 1. The molecule has 7 heteroatoms. The maximum atomic E-state index is 12.0. The molecule has 1 heterocycles. The molecule has 0 aliphatic carbocycles. The van der Waals surface area contributed by atoms with E-state index in [4.69, 9.17) is 17.3 Å². The van der Waals surface area contributed by atoms with Crippen LogP contribution in [0, 0.1) is 0 Å². The van der Waals surface area contributed by atoms with Gasteiger partial charge in [-0.2, -0.15) is 0 Å². The molecule has 3 N–H and O–H groups in total. The molecule has 1 amide bonds. The van der Waals surface area contributed by atoms with Gasteiger partial charge in [0.25, 0.3) is 5.91 Å². The van der Waals surface area contributed by atoms with Gasteiger partial charge in [-0.25, -0.2) is 9.97 Å². The van der Waals surface area contributed by atoms with Crippen LogP contribution in [-0.4, -0.2) is 15.9 Å². The molecule has 0 unspecified atom stereocenters. The molecule has 0 fully saturated rings. The van der Waals surface area contributed by atoms with Gasteiger partial charge >= 0.3 is 0 Å². The van der Waals surface area contributed by atoms with E-state index < -0.39 is 0 Å². The first-order valence-electron chi connectivity index (χ1n) is 4.91. The number of carbonyl (C=O) groups excluding carboxylic acids is 1. The van der Waals surface area contributed by atoms with Crippen molar-refractivity contribution in [2.24, 2.45) is 0 Å². The SMILES string of the molecule is Nc1ccc(Br)c(C(=O)Nc2nccc(Cl)n2)c1. The quantitative estimate of drug-likeness (QED) is 0.656. The largest absolute Gasteiger partial charge is 0.399 e. The lowest BCUT2D eigenvalue weighted by atomic mass is 10.2. The van der Waals surface area contributed by atoms with E-state index in [1.54, 1.807) is 18.2 Å². The van der Waals surface area contributed by atoms with Crippen LogP contribution in [-0.2, 0) is 0 Å². The second-order valence-electron chi connectivity index (χ2n) is 3.40. The molecule has 0 spiro atoms. The van der Waals surface area contributed by atoms with E-state index in [9.17, 15) is 4.79 Å². The minimum absolute atomic E-state index is 0.141. The van der Waals surface area contributed by atoms with Crippen molar-refractivity contribution in [2.75, 3.05) is 11.1 Å². The van der Waals surface area contributed by atoms with E-state index in [0.717, 1.165) is 0 Å². The zero-order chi connectivity index (χ0) is 13.1. The number of benzene rings is 1. The molecular formula is C11H8BrClN4O. The lowest BCUT2D eigenvalue weighted by Gasteiger charge is -2.06. The summed E-state index contributed by atoms with van der Waals surface area (Å²) in [5.41, 5.74) is 6.53. The minimum Gasteiger partial charge on any atom is -0.399 e. The standard InChI is InChI=1S/C11H8BrClN4O/c12-8-2-1-6(14)5-7(8)10(18)17-11-15-4-3-9(13)16-11/h1-5H,14H2,(H,15,16,17,18). The highest BCUT2D eigenvalue weighted by atomic mass is 79.9. The number of amides is 1. The highest BCUT2D eigenvalue weighted by molar-refractivity contribution is 9.10. The molecule has 0 saturated heterocycles. The molecule has 5 nitrogen and oxygen atoms in total. The van der Waals surface area contributed by atoms with Crippen molar-refractivity contribution in [3.8, 4) is 0 Å². The molecule has 0 radical (unpaired) electrons. The molecule has 1 aromatic carbocycles. The summed E-state index contributed by atoms with van der Waals surface area (Å²) in [5.74, 6) is -0.224. The van der Waals surface area contributed by atoms with Crippen molar-refractivity contribution in [3.05, 3.63) is 45.7 Å². The molecule has 2 aromatic rings. The number of nitrogens with zero attached hydrogens (tertiary/aromatic N) is 2. The Morgan fingerprint density at radius 3 is 2.89 bits per heavy atom. The number of hydrogen-bond donors (Lipinski definition) is 2. The molecule has 0 aliphatic heterocycles. The fourth-order valence-corrected chi connectivity index (χ4v) is 1.85. The molecule has 0 bridgehead atoms. The van der Waals surface area contributed by atoms with Crippen LogP contribution in [0.25, 0.3) is 0 Å². The lowest BCUT2D eigenvalue weighted by Crippen LogP contribution is -2.15. The van der Waals surface area contributed by atoms with Crippen molar-refractivity contribution in [2.45, 2.75) is 0 Å². The predicted octanol–water partition coefficient (Wildman–Crippen LogP) is 2.73. The van der Waals surface area contributed by atoms with E-state index in [0.29, 0.717) is 15.7 Å². The van der Waals surface area contributed by atoms with Gasteiger partial charge in [-0.15, -0.1) is 0 Å². The third kappa shape index (κ3) is 2.96. The Kier molecular flexibility index (Phi) is 3.78. The zero-order valence-corrected chi connectivity index (χ0v) is 11.4. The number of aromatic nitrogens is 2. The average molecular weight is 328 g/mol. The van der Waals surface area contributed by atoms with Crippen LogP contribution in [0.1, 0.15) is 10.4 Å². The van der Waals surface area contributed by atoms with Crippen molar-refractivity contribution < 1.29 is 4.79 Å². The molecule has 2 rings (SSSR count). The number of anilines is 2. The summed E-state index contributed by atoms with van der Waals surface area (Å²) in [6.45, 7) is 0. The van der Waals surface area contributed by atoms with Gasteiger partial charge in [0.1, 0.15) is 5.15 Å². The van der Waals surface area contributed by atoms with Gasteiger partial charge in [-0.1, -0.05) is 11.6 Å². The molecule has 0 atom stereocenters. The summed E-state index contributed by atoms with van der Waals surface area (Å²) >= 11 is 8.97.